The van der Waals surface area contributed by atoms with E-state index >= 15 is 0 Å². The summed E-state index contributed by atoms with van der Waals surface area (Å²) in [6.45, 7) is 1.96. The Morgan fingerprint density at radius 3 is 2.38 bits per heavy atom. The standard InChI is InChI=1S/C5H13NOS/c1-3-4(6)5(7)8-2/h4-5,7H,3,6H2,1-2H3. The van der Waals surface area contributed by atoms with Gasteiger partial charge in [0.25, 0.3) is 0 Å². The lowest BCUT2D eigenvalue weighted by molar-refractivity contribution is 0.228. The molecule has 0 aliphatic heterocycles. The fourth-order valence-corrected chi connectivity index (χ4v) is 0.918. The molecule has 0 heterocycles. The highest BCUT2D eigenvalue weighted by atomic mass is 32.2. The Kier molecular flexibility index (Phi) is 4.32. The van der Waals surface area contributed by atoms with Crippen molar-refractivity contribution in [3.8, 4) is 0 Å². The van der Waals surface area contributed by atoms with Crippen molar-refractivity contribution in [2.75, 3.05) is 6.26 Å². The molecular formula is C5H13NOS. The fraction of sp³-hybridized carbons (Fsp3) is 1.00. The molecule has 3 N–H and O–H groups in total. The normalized spacial score (nSPS) is 18.0. The van der Waals surface area contributed by atoms with Gasteiger partial charge in [-0.1, -0.05) is 6.92 Å². The first-order valence-electron chi connectivity index (χ1n) is 2.68. The average molecular weight is 135 g/mol. The summed E-state index contributed by atoms with van der Waals surface area (Å²) in [7, 11) is 0. The maximum absolute atomic E-state index is 8.96. The van der Waals surface area contributed by atoms with Crippen molar-refractivity contribution in [2.45, 2.75) is 24.8 Å². The number of thioether (sulfide) groups is 1. The second-order valence-electron chi connectivity index (χ2n) is 1.70. The minimum absolute atomic E-state index is 0.0648. The van der Waals surface area contributed by atoms with Crippen LogP contribution in [-0.4, -0.2) is 22.8 Å². The largest absolute Gasteiger partial charge is 0.381 e. The molecular weight excluding hydrogens is 122 g/mol. The number of nitrogens with two attached hydrogens (primary N) is 1. The minimum atomic E-state index is -0.389. The molecule has 0 fully saturated rings. The molecule has 2 unspecified atom stereocenters. The molecule has 0 saturated carbocycles. The molecule has 0 aromatic heterocycles. The van der Waals surface area contributed by atoms with Gasteiger partial charge in [-0.3, -0.25) is 0 Å². The molecule has 8 heavy (non-hydrogen) atoms. The molecule has 2 atom stereocenters. The zero-order valence-corrected chi connectivity index (χ0v) is 6.11. The smallest absolute Gasteiger partial charge is 0.114 e. The minimum Gasteiger partial charge on any atom is -0.381 e. The lowest BCUT2D eigenvalue weighted by atomic mass is 10.3. The summed E-state index contributed by atoms with van der Waals surface area (Å²) in [6, 6.07) is -0.0648. The zero-order valence-electron chi connectivity index (χ0n) is 5.29. The van der Waals surface area contributed by atoms with Gasteiger partial charge in [0.15, 0.2) is 0 Å². The Balaban J connectivity index is 3.29. The van der Waals surface area contributed by atoms with Crippen LogP contribution in [0.5, 0.6) is 0 Å². The van der Waals surface area contributed by atoms with Crippen LogP contribution in [0.15, 0.2) is 0 Å². The van der Waals surface area contributed by atoms with E-state index < -0.39 is 0 Å². The van der Waals surface area contributed by atoms with Crippen molar-refractivity contribution in [3.05, 3.63) is 0 Å². The highest BCUT2D eigenvalue weighted by molar-refractivity contribution is 7.99. The summed E-state index contributed by atoms with van der Waals surface area (Å²) in [5, 5.41) is 8.96. The first-order chi connectivity index (χ1) is 3.72. The number of aliphatic hydroxyl groups is 1. The van der Waals surface area contributed by atoms with Crippen molar-refractivity contribution in [2.24, 2.45) is 5.73 Å². The Morgan fingerprint density at radius 1 is 1.75 bits per heavy atom. The molecule has 0 rings (SSSR count). The van der Waals surface area contributed by atoms with Crippen molar-refractivity contribution in [1.82, 2.24) is 0 Å². The number of rotatable bonds is 3. The summed E-state index contributed by atoms with van der Waals surface area (Å²) >= 11 is 1.39. The summed E-state index contributed by atoms with van der Waals surface area (Å²) < 4.78 is 0. The van der Waals surface area contributed by atoms with Crippen LogP contribution in [0.3, 0.4) is 0 Å². The topological polar surface area (TPSA) is 46.2 Å². The summed E-state index contributed by atoms with van der Waals surface area (Å²) in [5.74, 6) is 0. The van der Waals surface area contributed by atoms with E-state index in [-0.39, 0.29) is 11.5 Å². The molecule has 0 bridgehead atoms. The lowest BCUT2D eigenvalue weighted by Gasteiger charge is -2.13. The van der Waals surface area contributed by atoms with Gasteiger partial charge in [0, 0.05) is 6.04 Å². The second kappa shape index (κ2) is 4.18. The van der Waals surface area contributed by atoms with E-state index in [0.717, 1.165) is 6.42 Å². The molecule has 0 aliphatic carbocycles. The average Bonchev–Trinajstić information content (AvgIpc) is 1.84. The van der Waals surface area contributed by atoms with Crippen LogP contribution in [-0.2, 0) is 0 Å². The highest BCUT2D eigenvalue weighted by Gasteiger charge is 2.08. The van der Waals surface area contributed by atoms with Crippen molar-refractivity contribution < 1.29 is 5.11 Å². The van der Waals surface area contributed by atoms with Gasteiger partial charge in [-0.25, -0.2) is 0 Å². The van der Waals surface area contributed by atoms with Crippen LogP contribution >= 0.6 is 11.8 Å². The number of hydrogen-bond acceptors (Lipinski definition) is 3. The maximum atomic E-state index is 8.96. The highest BCUT2D eigenvalue weighted by Crippen LogP contribution is 2.07. The predicted octanol–water partition coefficient (Wildman–Crippen LogP) is 0.405. The van der Waals surface area contributed by atoms with Gasteiger partial charge in [0.1, 0.15) is 5.44 Å². The van der Waals surface area contributed by atoms with Crippen LogP contribution in [0.2, 0.25) is 0 Å². The van der Waals surface area contributed by atoms with E-state index in [1.54, 1.807) is 0 Å². The van der Waals surface area contributed by atoms with Gasteiger partial charge in [-0.15, -0.1) is 11.8 Å². The van der Waals surface area contributed by atoms with Crippen molar-refractivity contribution >= 4 is 11.8 Å². The monoisotopic (exact) mass is 135 g/mol. The van der Waals surface area contributed by atoms with Gasteiger partial charge < -0.3 is 10.8 Å². The van der Waals surface area contributed by atoms with E-state index in [2.05, 4.69) is 0 Å². The Labute approximate surface area is 54.5 Å². The van der Waals surface area contributed by atoms with E-state index in [1.807, 2.05) is 13.2 Å². The molecule has 0 spiro atoms. The fourth-order valence-electron chi connectivity index (χ4n) is 0.376. The number of aliphatic hydroxyl groups excluding tert-OH is 1. The Bertz CT molecular complexity index is 52.4. The van der Waals surface area contributed by atoms with E-state index in [0.29, 0.717) is 0 Å². The van der Waals surface area contributed by atoms with Crippen LogP contribution in [0.4, 0.5) is 0 Å². The van der Waals surface area contributed by atoms with Crippen LogP contribution < -0.4 is 5.73 Å². The molecule has 0 saturated heterocycles. The molecule has 0 aromatic rings. The zero-order chi connectivity index (χ0) is 6.57. The quantitative estimate of drug-likeness (QED) is 0.551. The third kappa shape index (κ3) is 2.55. The van der Waals surface area contributed by atoms with Gasteiger partial charge in [0.2, 0.25) is 0 Å². The SMILES string of the molecule is CCC(N)C(O)SC. The molecule has 2 nitrogen and oxygen atoms in total. The van der Waals surface area contributed by atoms with E-state index in [9.17, 15) is 0 Å². The molecule has 3 heteroatoms. The third-order valence-corrected chi connectivity index (χ3v) is 1.91. The third-order valence-electron chi connectivity index (χ3n) is 1.08. The maximum Gasteiger partial charge on any atom is 0.114 e. The molecule has 0 radical (unpaired) electrons. The van der Waals surface area contributed by atoms with Crippen molar-refractivity contribution in [3.63, 3.8) is 0 Å². The summed E-state index contributed by atoms with van der Waals surface area (Å²) in [6.07, 6.45) is 2.68. The summed E-state index contributed by atoms with van der Waals surface area (Å²) in [5.41, 5.74) is 5.07. The van der Waals surface area contributed by atoms with E-state index in [1.165, 1.54) is 11.8 Å². The van der Waals surface area contributed by atoms with Crippen LogP contribution in [0.1, 0.15) is 13.3 Å². The van der Waals surface area contributed by atoms with Gasteiger partial charge >= 0.3 is 0 Å². The first kappa shape index (κ1) is 8.27. The number of hydrogen-bond donors (Lipinski definition) is 2. The van der Waals surface area contributed by atoms with Crippen LogP contribution in [0, 0.1) is 0 Å². The van der Waals surface area contributed by atoms with Gasteiger partial charge in [-0.2, -0.15) is 0 Å². The van der Waals surface area contributed by atoms with E-state index in [4.69, 9.17) is 10.8 Å². The molecule has 50 valence electrons. The molecule has 0 aliphatic rings. The lowest BCUT2D eigenvalue weighted by Crippen LogP contribution is -2.30. The molecule has 0 aromatic carbocycles. The van der Waals surface area contributed by atoms with Gasteiger partial charge in [-0.05, 0) is 12.7 Å². The Hall–Kier alpha value is 0.270. The van der Waals surface area contributed by atoms with Crippen LogP contribution in [0.25, 0.3) is 0 Å². The van der Waals surface area contributed by atoms with Crippen molar-refractivity contribution in [1.29, 1.82) is 0 Å². The Morgan fingerprint density at radius 2 is 2.25 bits per heavy atom. The predicted molar refractivity (Wildman–Crippen MR) is 37.8 cm³/mol. The van der Waals surface area contributed by atoms with Gasteiger partial charge in [0.05, 0.1) is 0 Å². The second-order valence-corrected chi connectivity index (χ2v) is 2.65. The first-order valence-corrected chi connectivity index (χ1v) is 3.97. The summed E-state index contributed by atoms with van der Waals surface area (Å²) in [4.78, 5) is 0. The molecule has 0 amide bonds.